The zero-order valence-corrected chi connectivity index (χ0v) is 13.3. The molecule has 126 valence electrons. The number of hydrogen-bond donors (Lipinski definition) is 2. The van der Waals surface area contributed by atoms with Gasteiger partial charge in [-0.25, -0.2) is 0 Å². The Morgan fingerprint density at radius 1 is 1.20 bits per heavy atom. The second-order valence-corrected chi connectivity index (χ2v) is 5.47. The van der Waals surface area contributed by atoms with Gasteiger partial charge in [0.1, 0.15) is 12.4 Å². The average molecular weight is 336 g/mol. The number of fused-ring (bicyclic) bond motifs is 1. The van der Waals surface area contributed by atoms with Crippen molar-refractivity contribution in [2.45, 2.75) is 12.7 Å². The Balaban J connectivity index is 1.99. The van der Waals surface area contributed by atoms with Gasteiger partial charge < -0.3 is 14.8 Å². The Morgan fingerprint density at radius 2 is 2.00 bits per heavy atom. The smallest absolute Gasteiger partial charge is 0.248 e. The summed E-state index contributed by atoms with van der Waals surface area (Å²) in [6.45, 7) is 0.206. The summed E-state index contributed by atoms with van der Waals surface area (Å²) in [5.74, 6) is 0.510. The Labute approximate surface area is 143 Å². The van der Waals surface area contributed by atoms with E-state index in [1.165, 1.54) is 6.07 Å². The first-order valence-corrected chi connectivity index (χ1v) is 7.70. The van der Waals surface area contributed by atoms with Gasteiger partial charge >= 0.3 is 0 Å². The fourth-order valence-electron chi connectivity index (χ4n) is 2.62. The average Bonchev–Trinajstić information content (AvgIpc) is 2.64. The van der Waals surface area contributed by atoms with E-state index in [1.54, 1.807) is 18.2 Å². The van der Waals surface area contributed by atoms with Crippen molar-refractivity contribution in [3.63, 3.8) is 0 Å². The molecule has 1 aromatic heterocycles. The molecule has 0 aliphatic carbocycles. The van der Waals surface area contributed by atoms with Gasteiger partial charge in [0, 0.05) is 16.4 Å². The molecule has 0 spiro atoms. The van der Waals surface area contributed by atoms with E-state index < -0.39 is 6.10 Å². The molecule has 0 bridgehead atoms. The number of pyridine rings is 1. The number of aliphatic hydroxyl groups excluding tert-OH is 1. The molecule has 0 aliphatic rings. The number of para-hydroxylation sites is 1. The van der Waals surface area contributed by atoms with Crippen molar-refractivity contribution in [1.82, 2.24) is 4.98 Å². The Bertz CT molecular complexity index is 979. The van der Waals surface area contributed by atoms with Crippen molar-refractivity contribution in [2.75, 3.05) is 6.54 Å². The molecule has 0 saturated carbocycles. The molecule has 7 heteroatoms. The van der Waals surface area contributed by atoms with Crippen LogP contribution < -0.4 is 10.3 Å². The quantitative estimate of drug-likeness (QED) is 0.408. The topological polar surface area (TPSA) is 111 Å². The summed E-state index contributed by atoms with van der Waals surface area (Å²) >= 11 is 0. The van der Waals surface area contributed by atoms with E-state index in [-0.39, 0.29) is 12.1 Å². The van der Waals surface area contributed by atoms with Gasteiger partial charge in [-0.2, -0.15) is 0 Å². The lowest BCUT2D eigenvalue weighted by molar-refractivity contribution is 0.188. The van der Waals surface area contributed by atoms with Crippen LogP contribution in [0.4, 0.5) is 0 Å². The summed E-state index contributed by atoms with van der Waals surface area (Å²) < 4.78 is 5.84. The Hall–Kier alpha value is -3.28. The summed E-state index contributed by atoms with van der Waals surface area (Å²) in [4.78, 5) is 17.4. The van der Waals surface area contributed by atoms with Gasteiger partial charge in [-0.3, -0.25) is 4.79 Å². The van der Waals surface area contributed by atoms with Crippen molar-refractivity contribution < 1.29 is 9.84 Å². The number of nitrogens with one attached hydrogen (secondary N) is 1. The second kappa shape index (κ2) is 7.53. The van der Waals surface area contributed by atoms with Crippen LogP contribution >= 0.6 is 0 Å². The monoisotopic (exact) mass is 336 g/mol. The second-order valence-electron chi connectivity index (χ2n) is 5.47. The van der Waals surface area contributed by atoms with Crippen LogP contribution in [0.2, 0.25) is 0 Å². The largest absolute Gasteiger partial charge is 0.487 e. The minimum Gasteiger partial charge on any atom is -0.487 e. The number of nitrogens with zero attached hydrogens (tertiary/aromatic N) is 3. The summed E-state index contributed by atoms with van der Waals surface area (Å²) in [6.07, 6.45) is -1.06. The Morgan fingerprint density at radius 3 is 2.76 bits per heavy atom. The van der Waals surface area contributed by atoms with Gasteiger partial charge in [-0.05, 0) is 22.7 Å². The van der Waals surface area contributed by atoms with Crippen molar-refractivity contribution >= 4 is 10.9 Å². The number of hydrogen-bond acceptors (Lipinski definition) is 4. The third-order valence-electron chi connectivity index (χ3n) is 3.79. The Kier molecular flexibility index (Phi) is 4.99. The van der Waals surface area contributed by atoms with Crippen molar-refractivity contribution in [1.29, 1.82) is 0 Å². The van der Waals surface area contributed by atoms with E-state index in [0.29, 0.717) is 28.8 Å². The molecule has 1 atom stereocenters. The molecule has 3 aromatic rings. The zero-order chi connectivity index (χ0) is 17.6. The van der Waals surface area contributed by atoms with E-state index in [0.717, 1.165) is 5.56 Å². The molecule has 7 nitrogen and oxygen atoms in total. The number of ether oxygens (including phenoxy) is 1. The first kappa shape index (κ1) is 16.6. The maximum atomic E-state index is 12.0. The van der Waals surface area contributed by atoms with Gasteiger partial charge in [0.25, 0.3) is 0 Å². The molecule has 2 aromatic carbocycles. The lowest BCUT2D eigenvalue weighted by atomic mass is 10.0. The molecular formula is C18H16N4O3. The maximum Gasteiger partial charge on any atom is 0.248 e. The standard InChI is InChI=1S/C18H16N4O3/c19-22-20-10-15(23)14-9-17(24)21-18-13(14)7-4-8-16(18)25-11-12-5-2-1-3-6-12/h1-9,15,23H,10-11H2,(H,21,24)/t15-/m0/s1. The molecule has 0 saturated heterocycles. The first-order valence-electron chi connectivity index (χ1n) is 7.70. The lowest BCUT2D eigenvalue weighted by Gasteiger charge is -2.14. The van der Waals surface area contributed by atoms with Crippen LogP contribution in [0.5, 0.6) is 5.75 Å². The third-order valence-corrected chi connectivity index (χ3v) is 3.79. The lowest BCUT2D eigenvalue weighted by Crippen LogP contribution is -2.12. The maximum absolute atomic E-state index is 12.0. The van der Waals surface area contributed by atoms with E-state index in [4.69, 9.17) is 10.3 Å². The van der Waals surface area contributed by atoms with Crippen LogP contribution in [0.25, 0.3) is 21.3 Å². The molecular weight excluding hydrogens is 320 g/mol. The van der Waals surface area contributed by atoms with E-state index >= 15 is 0 Å². The molecule has 0 fully saturated rings. The highest BCUT2D eigenvalue weighted by Gasteiger charge is 2.14. The van der Waals surface area contributed by atoms with Crippen molar-refractivity contribution in [3.05, 3.63) is 86.5 Å². The zero-order valence-electron chi connectivity index (χ0n) is 13.3. The highest BCUT2D eigenvalue weighted by Crippen LogP contribution is 2.28. The number of aromatic nitrogens is 1. The SMILES string of the molecule is [N-]=[N+]=NC[C@H](O)c1cc(=O)[nH]c2c(OCc3ccccc3)cccc12. The van der Waals surface area contributed by atoms with Crippen LogP contribution in [0.1, 0.15) is 17.2 Å². The minimum absolute atomic E-state index is 0.149. The predicted molar refractivity (Wildman–Crippen MR) is 94.3 cm³/mol. The van der Waals surface area contributed by atoms with E-state index in [9.17, 15) is 9.90 Å². The molecule has 0 amide bonds. The van der Waals surface area contributed by atoms with Crippen LogP contribution in [0.3, 0.4) is 0 Å². The molecule has 2 N–H and O–H groups in total. The molecule has 25 heavy (non-hydrogen) atoms. The van der Waals surface area contributed by atoms with E-state index in [1.807, 2.05) is 30.3 Å². The van der Waals surface area contributed by atoms with Gasteiger partial charge in [0.2, 0.25) is 5.56 Å². The molecule has 0 radical (unpaired) electrons. The van der Waals surface area contributed by atoms with Gasteiger partial charge in [0.15, 0.2) is 0 Å². The number of aliphatic hydroxyl groups is 1. The summed E-state index contributed by atoms with van der Waals surface area (Å²) in [5.41, 5.74) is 9.95. The number of rotatable bonds is 6. The van der Waals surface area contributed by atoms with Gasteiger partial charge in [-0.15, -0.1) is 0 Å². The number of benzene rings is 2. The summed E-state index contributed by atoms with van der Waals surface area (Å²) in [7, 11) is 0. The van der Waals surface area contributed by atoms with Crippen molar-refractivity contribution in [3.8, 4) is 5.75 Å². The fourth-order valence-corrected chi connectivity index (χ4v) is 2.62. The van der Waals surface area contributed by atoms with Crippen molar-refractivity contribution in [2.24, 2.45) is 5.11 Å². The minimum atomic E-state index is -1.06. The normalized spacial score (nSPS) is 11.7. The van der Waals surface area contributed by atoms with Gasteiger partial charge in [0.05, 0.1) is 18.2 Å². The number of H-pyrrole nitrogens is 1. The van der Waals surface area contributed by atoms with E-state index in [2.05, 4.69) is 15.0 Å². The number of aromatic amines is 1. The van der Waals surface area contributed by atoms with Crippen LogP contribution in [-0.4, -0.2) is 16.6 Å². The molecule has 1 heterocycles. The summed E-state index contributed by atoms with van der Waals surface area (Å²) in [6, 6.07) is 16.3. The fraction of sp³-hybridized carbons (Fsp3) is 0.167. The van der Waals surface area contributed by atoms with Crippen LogP contribution in [0, 0.1) is 0 Å². The molecule has 0 unspecified atom stereocenters. The highest BCUT2D eigenvalue weighted by atomic mass is 16.5. The van der Waals surface area contributed by atoms with Gasteiger partial charge in [-0.1, -0.05) is 47.6 Å². The predicted octanol–water partition coefficient (Wildman–Crippen LogP) is 3.45. The first-order chi connectivity index (χ1) is 12.2. The van der Waals surface area contributed by atoms with Crippen LogP contribution in [-0.2, 0) is 6.61 Å². The summed E-state index contributed by atoms with van der Waals surface area (Å²) in [5, 5.41) is 14.2. The van der Waals surface area contributed by atoms with Crippen LogP contribution in [0.15, 0.2) is 64.5 Å². The molecule has 0 aliphatic heterocycles. The molecule has 3 rings (SSSR count). The highest BCUT2D eigenvalue weighted by molar-refractivity contribution is 5.87. The third kappa shape index (κ3) is 3.80. The number of azide groups is 1.